The van der Waals surface area contributed by atoms with Crippen LogP contribution < -0.4 is 0 Å². The third-order valence-electron chi connectivity index (χ3n) is 8.03. The van der Waals surface area contributed by atoms with E-state index < -0.39 is 0 Å². The van der Waals surface area contributed by atoms with Gasteiger partial charge in [-0.25, -0.2) is 0 Å². The Kier molecular flexibility index (Phi) is 3.34. The van der Waals surface area contributed by atoms with Gasteiger partial charge in [0, 0.05) is 0 Å². The summed E-state index contributed by atoms with van der Waals surface area (Å²) in [6, 6.07) is 2.63. The maximum Gasteiger partial charge on any atom is 0.0661 e. The minimum Gasteiger partial charge on any atom is -0.393 e. The average Bonchev–Trinajstić information content (AvgIpc) is 2.82. The van der Waals surface area contributed by atoms with Crippen LogP contribution in [0.4, 0.5) is 0 Å². The first-order chi connectivity index (χ1) is 10.1. The van der Waals surface area contributed by atoms with Crippen LogP contribution in [0.3, 0.4) is 0 Å². The molecule has 0 heterocycles. The van der Waals surface area contributed by atoms with Gasteiger partial charge in [0.25, 0.3) is 0 Å². The maximum absolute atomic E-state index is 9.97. The van der Waals surface area contributed by atoms with E-state index in [4.69, 9.17) is 0 Å². The first-order valence-corrected chi connectivity index (χ1v) is 9.19. The van der Waals surface area contributed by atoms with Gasteiger partial charge in [0.1, 0.15) is 0 Å². The van der Waals surface area contributed by atoms with E-state index in [1.165, 1.54) is 38.5 Å². The molecule has 1 N–H and O–H groups in total. The second-order valence-corrected chi connectivity index (χ2v) is 8.79. The van der Waals surface area contributed by atoms with Crippen LogP contribution in [0.15, 0.2) is 0 Å². The van der Waals surface area contributed by atoms with Crippen molar-refractivity contribution in [3.63, 3.8) is 0 Å². The minimum atomic E-state index is -0.0221. The molecule has 2 nitrogen and oxygen atoms in total. The third-order valence-corrected chi connectivity index (χ3v) is 8.03. The van der Waals surface area contributed by atoms with E-state index in [0.717, 1.165) is 48.9 Å². The summed E-state index contributed by atoms with van der Waals surface area (Å²) in [7, 11) is 0. The molecule has 4 aliphatic rings. The molecule has 0 radical (unpaired) electrons. The molecule has 4 saturated carbocycles. The van der Waals surface area contributed by atoms with Gasteiger partial charge in [-0.15, -0.1) is 0 Å². The van der Waals surface area contributed by atoms with Crippen molar-refractivity contribution >= 4 is 0 Å². The van der Waals surface area contributed by atoms with E-state index in [-0.39, 0.29) is 6.10 Å². The predicted molar refractivity (Wildman–Crippen MR) is 82.2 cm³/mol. The number of rotatable bonds is 0. The molecule has 4 rings (SSSR count). The fraction of sp³-hybridized carbons (Fsp3) is 0.947. The van der Waals surface area contributed by atoms with Gasteiger partial charge in [0.2, 0.25) is 0 Å². The van der Waals surface area contributed by atoms with Crippen LogP contribution in [0.1, 0.15) is 64.7 Å². The summed E-state index contributed by atoms with van der Waals surface area (Å²) in [4.78, 5) is 0. The molecule has 0 aliphatic heterocycles. The molecule has 0 amide bonds. The number of nitrogens with zero attached hydrogens (tertiary/aromatic N) is 1. The van der Waals surface area contributed by atoms with Gasteiger partial charge in [-0.05, 0) is 92.8 Å². The molecule has 4 aliphatic carbocycles. The van der Waals surface area contributed by atoms with Gasteiger partial charge in [-0.1, -0.05) is 6.92 Å². The van der Waals surface area contributed by atoms with Gasteiger partial charge in [-0.2, -0.15) is 5.26 Å². The Labute approximate surface area is 128 Å². The highest BCUT2D eigenvalue weighted by atomic mass is 16.3. The highest BCUT2D eigenvalue weighted by Gasteiger charge is 2.56. The summed E-state index contributed by atoms with van der Waals surface area (Å²) in [6.45, 7) is 2.42. The topological polar surface area (TPSA) is 44.0 Å². The number of aliphatic hydroxyl groups excluding tert-OH is 1. The predicted octanol–water partition coefficient (Wildman–Crippen LogP) is 4.14. The van der Waals surface area contributed by atoms with Crippen molar-refractivity contribution in [2.45, 2.75) is 70.8 Å². The standard InChI is InChI=1S/C19H29NO/c1-19-7-6-13-8-14-9-16(21)4-2-12(14)10-17(13)18(19)5-3-15(19)11-20/h12-18,21H,2-10H2,1H3/t12-,13+,14?,15+,16?,17+,18-,19+/m0/s1. The molecular formula is C19H29NO. The Morgan fingerprint density at radius 2 is 1.81 bits per heavy atom. The van der Waals surface area contributed by atoms with Crippen LogP contribution in [-0.4, -0.2) is 11.2 Å². The zero-order valence-electron chi connectivity index (χ0n) is 13.3. The number of hydrogen-bond donors (Lipinski definition) is 1. The fourth-order valence-corrected chi connectivity index (χ4v) is 6.87. The van der Waals surface area contributed by atoms with Gasteiger partial charge in [0.15, 0.2) is 0 Å². The van der Waals surface area contributed by atoms with Crippen molar-refractivity contribution in [3.8, 4) is 6.07 Å². The quantitative estimate of drug-likeness (QED) is 0.727. The number of hydrogen-bond acceptors (Lipinski definition) is 2. The average molecular weight is 287 g/mol. The van der Waals surface area contributed by atoms with E-state index in [1.807, 2.05) is 0 Å². The first-order valence-electron chi connectivity index (χ1n) is 9.19. The molecule has 0 aromatic heterocycles. The Bertz CT molecular complexity index is 455. The molecule has 0 aromatic rings. The zero-order chi connectivity index (χ0) is 14.6. The van der Waals surface area contributed by atoms with Crippen molar-refractivity contribution in [2.24, 2.45) is 40.9 Å². The Morgan fingerprint density at radius 3 is 2.62 bits per heavy atom. The Morgan fingerprint density at radius 1 is 0.952 bits per heavy atom. The molecule has 2 unspecified atom stereocenters. The third kappa shape index (κ3) is 2.07. The highest BCUT2D eigenvalue weighted by Crippen LogP contribution is 2.63. The molecular weight excluding hydrogens is 258 g/mol. The monoisotopic (exact) mass is 287 g/mol. The van der Waals surface area contributed by atoms with Crippen molar-refractivity contribution in [1.82, 2.24) is 0 Å². The van der Waals surface area contributed by atoms with Crippen molar-refractivity contribution in [1.29, 1.82) is 5.26 Å². The lowest BCUT2D eigenvalue weighted by atomic mass is 9.51. The van der Waals surface area contributed by atoms with Gasteiger partial charge in [0.05, 0.1) is 18.1 Å². The number of nitriles is 1. The molecule has 0 aromatic carbocycles. The molecule has 21 heavy (non-hydrogen) atoms. The van der Waals surface area contributed by atoms with Crippen LogP contribution in [0.2, 0.25) is 0 Å². The van der Waals surface area contributed by atoms with Gasteiger partial charge in [-0.3, -0.25) is 0 Å². The lowest BCUT2D eigenvalue weighted by Gasteiger charge is -2.54. The van der Waals surface area contributed by atoms with E-state index in [0.29, 0.717) is 11.3 Å². The van der Waals surface area contributed by atoms with Crippen LogP contribution in [0, 0.1) is 52.3 Å². The van der Waals surface area contributed by atoms with E-state index in [1.54, 1.807) is 0 Å². The van der Waals surface area contributed by atoms with E-state index in [2.05, 4.69) is 13.0 Å². The smallest absolute Gasteiger partial charge is 0.0661 e. The molecule has 116 valence electrons. The second kappa shape index (κ2) is 4.98. The SMILES string of the molecule is C[C@]12CC[C@@H]3CC4CC(O)CC[C@H]4C[C@H]3[C@@H]1CC[C@@H]2C#N. The van der Waals surface area contributed by atoms with Crippen molar-refractivity contribution in [3.05, 3.63) is 0 Å². The number of fused-ring (bicyclic) bond motifs is 4. The van der Waals surface area contributed by atoms with Gasteiger partial charge < -0.3 is 5.11 Å². The summed E-state index contributed by atoms with van der Waals surface area (Å²) in [5.41, 5.74) is 0.316. The summed E-state index contributed by atoms with van der Waals surface area (Å²) in [5, 5.41) is 19.5. The van der Waals surface area contributed by atoms with Crippen molar-refractivity contribution in [2.75, 3.05) is 0 Å². The minimum absolute atomic E-state index is 0.0221. The summed E-state index contributed by atoms with van der Waals surface area (Å²) in [5.74, 6) is 4.58. The molecule has 4 fully saturated rings. The molecule has 8 atom stereocenters. The first kappa shape index (κ1) is 14.1. The van der Waals surface area contributed by atoms with Crippen LogP contribution in [0.5, 0.6) is 0 Å². The van der Waals surface area contributed by atoms with Crippen LogP contribution >= 0.6 is 0 Å². The Hall–Kier alpha value is -0.550. The largest absolute Gasteiger partial charge is 0.393 e. The van der Waals surface area contributed by atoms with E-state index in [9.17, 15) is 10.4 Å². The lowest BCUT2D eigenvalue weighted by molar-refractivity contribution is -0.0567. The normalized spacial score (nSPS) is 56.0. The lowest BCUT2D eigenvalue weighted by Crippen LogP contribution is -2.47. The zero-order valence-corrected chi connectivity index (χ0v) is 13.3. The van der Waals surface area contributed by atoms with Crippen LogP contribution in [0.25, 0.3) is 0 Å². The van der Waals surface area contributed by atoms with Crippen molar-refractivity contribution < 1.29 is 5.11 Å². The maximum atomic E-state index is 9.97. The molecule has 0 bridgehead atoms. The number of aliphatic hydroxyl groups is 1. The fourth-order valence-electron chi connectivity index (χ4n) is 6.87. The highest BCUT2D eigenvalue weighted by molar-refractivity contribution is 5.10. The Balaban J connectivity index is 1.55. The second-order valence-electron chi connectivity index (χ2n) is 8.79. The van der Waals surface area contributed by atoms with E-state index >= 15 is 0 Å². The van der Waals surface area contributed by atoms with Crippen LogP contribution in [-0.2, 0) is 0 Å². The summed E-state index contributed by atoms with van der Waals surface area (Å²) < 4.78 is 0. The molecule has 0 saturated heterocycles. The molecule has 0 spiro atoms. The summed E-state index contributed by atoms with van der Waals surface area (Å²) >= 11 is 0. The summed E-state index contributed by atoms with van der Waals surface area (Å²) in [6.07, 6.45) is 11.2. The molecule has 2 heteroatoms. The van der Waals surface area contributed by atoms with Gasteiger partial charge >= 0.3 is 0 Å².